The summed E-state index contributed by atoms with van der Waals surface area (Å²) in [4.78, 5) is 0. The van der Waals surface area contributed by atoms with E-state index in [1.165, 1.54) is 22.3 Å². The van der Waals surface area contributed by atoms with Crippen molar-refractivity contribution in [3.05, 3.63) is 131 Å². The average molecular weight is 511 g/mol. The molecule has 0 bridgehead atoms. The van der Waals surface area contributed by atoms with Crippen molar-refractivity contribution in [2.75, 3.05) is 27.2 Å². The number of hydrogen-bond donors (Lipinski definition) is 2. The van der Waals surface area contributed by atoms with Crippen molar-refractivity contribution < 1.29 is 9.47 Å². The molecule has 4 nitrogen and oxygen atoms in total. The molecule has 38 heavy (non-hydrogen) atoms. The van der Waals surface area contributed by atoms with Crippen LogP contribution in [0.3, 0.4) is 0 Å². The van der Waals surface area contributed by atoms with Gasteiger partial charge in [-0.15, -0.1) is 0 Å². The minimum Gasteiger partial charge on any atom is -0.485 e. The number of aryl methyl sites for hydroxylation is 2. The number of benzene rings is 4. The van der Waals surface area contributed by atoms with Crippen molar-refractivity contribution in [3.63, 3.8) is 0 Å². The first kappa shape index (κ1) is 29.0. The van der Waals surface area contributed by atoms with Crippen LogP contribution in [-0.2, 0) is 0 Å². The van der Waals surface area contributed by atoms with Gasteiger partial charge >= 0.3 is 0 Å². The minimum atomic E-state index is 0.0924. The lowest BCUT2D eigenvalue weighted by atomic mass is 10.1. The number of para-hydroxylation sites is 2. The third-order valence-electron chi connectivity index (χ3n) is 6.38. The highest BCUT2D eigenvalue weighted by Gasteiger charge is 2.14. The lowest BCUT2D eigenvalue weighted by molar-refractivity contribution is 0.193. The van der Waals surface area contributed by atoms with Crippen LogP contribution in [0.4, 0.5) is 0 Å². The average Bonchev–Trinajstić information content (AvgIpc) is 2.96. The fourth-order valence-corrected chi connectivity index (χ4v) is 4.16. The molecule has 0 aromatic heterocycles. The van der Waals surface area contributed by atoms with Crippen molar-refractivity contribution in [2.24, 2.45) is 0 Å². The second kappa shape index (κ2) is 16.3. The molecule has 0 saturated carbocycles. The third-order valence-corrected chi connectivity index (χ3v) is 6.38. The number of ether oxygens (including phenoxy) is 2. The standard InChI is InChI=1S/2C17H21NO/c2*1-14-8-6-7-11-16(14)19-17(12-13-18-2)15-9-4-3-5-10-15/h2*3-11,17-18H,12-13H2,1-2H3/t2*17-/m11/s1. The molecule has 4 aromatic rings. The highest BCUT2D eigenvalue weighted by molar-refractivity contribution is 5.34. The van der Waals surface area contributed by atoms with Gasteiger partial charge in [-0.05, 0) is 75.4 Å². The van der Waals surface area contributed by atoms with E-state index in [0.29, 0.717) is 0 Å². The molecule has 2 N–H and O–H groups in total. The molecule has 0 fully saturated rings. The van der Waals surface area contributed by atoms with Gasteiger partial charge in [0.2, 0.25) is 0 Å². The molecule has 0 spiro atoms. The Labute approximate surface area is 229 Å². The number of nitrogens with one attached hydrogen (secondary N) is 2. The molecule has 0 aliphatic heterocycles. The van der Waals surface area contributed by atoms with Crippen LogP contribution >= 0.6 is 0 Å². The first-order valence-corrected chi connectivity index (χ1v) is 13.5. The fraction of sp³-hybridized carbons (Fsp3) is 0.294. The maximum absolute atomic E-state index is 6.19. The Bertz CT molecular complexity index is 1090. The predicted octanol–water partition coefficient (Wildman–Crippen LogP) is 7.45. The number of rotatable bonds is 12. The van der Waals surface area contributed by atoms with E-state index in [4.69, 9.17) is 9.47 Å². The van der Waals surface area contributed by atoms with Crippen molar-refractivity contribution in [1.29, 1.82) is 0 Å². The van der Waals surface area contributed by atoms with E-state index >= 15 is 0 Å². The van der Waals surface area contributed by atoms with Crippen LogP contribution in [0.5, 0.6) is 11.5 Å². The van der Waals surface area contributed by atoms with E-state index < -0.39 is 0 Å². The molecule has 4 rings (SSSR count). The van der Waals surface area contributed by atoms with Gasteiger partial charge in [0.15, 0.2) is 0 Å². The van der Waals surface area contributed by atoms with Gasteiger partial charge in [0.1, 0.15) is 23.7 Å². The molecule has 4 heteroatoms. The summed E-state index contributed by atoms with van der Waals surface area (Å²) in [5.74, 6) is 1.93. The van der Waals surface area contributed by atoms with E-state index in [9.17, 15) is 0 Å². The minimum absolute atomic E-state index is 0.0924. The van der Waals surface area contributed by atoms with Gasteiger partial charge in [-0.3, -0.25) is 0 Å². The Balaban J connectivity index is 0.000000211. The normalized spacial score (nSPS) is 12.1. The smallest absolute Gasteiger partial charge is 0.125 e. The summed E-state index contributed by atoms with van der Waals surface area (Å²) in [7, 11) is 3.94. The van der Waals surface area contributed by atoms with Gasteiger partial charge in [0, 0.05) is 12.8 Å². The summed E-state index contributed by atoms with van der Waals surface area (Å²) in [6.07, 6.45) is 2.09. The van der Waals surface area contributed by atoms with Gasteiger partial charge in [0.05, 0.1) is 0 Å². The lowest BCUT2D eigenvalue weighted by Crippen LogP contribution is -2.16. The van der Waals surface area contributed by atoms with Gasteiger partial charge in [-0.2, -0.15) is 0 Å². The predicted molar refractivity (Wildman–Crippen MR) is 159 cm³/mol. The molecule has 2 atom stereocenters. The van der Waals surface area contributed by atoms with E-state index in [2.05, 4.69) is 85.1 Å². The summed E-state index contributed by atoms with van der Waals surface area (Å²) < 4.78 is 12.4. The van der Waals surface area contributed by atoms with Crippen LogP contribution in [0.15, 0.2) is 109 Å². The van der Waals surface area contributed by atoms with E-state index in [1.54, 1.807) is 0 Å². The van der Waals surface area contributed by atoms with Crippen LogP contribution in [0, 0.1) is 13.8 Å². The van der Waals surface area contributed by atoms with Gasteiger partial charge in [-0.1, -0.05) is 97.1 Å². The van der Waals surface area contributed by atoms with E-state index in [0.717, 1.165) is 37.4 Å². The van der Waals surface area contributed by atoms with Crippen molar-refractivity contribution in [3.8, 4) is 11.5 Å². The Morgan fingerprint density at radius 1 is 0.500 bits per heavy atom. The molecule has 0 saturated heterocycles. The number of hydrogen-bond acceptors (Lipinski definition) is 4. The molecule has 0 aliphatic rings. The zero-order valence-electron chi connectivity index (χ0n) is 23.2. The summed E-state index contributed by atoms with van der Waals surface area (Å²) in [5, 5.41) is 6.38. The SMILES string of the molecule is CNCC[C@@H](Oc1ccccc1C)c1ccccc1.CNCC[C@@H](Oc1ccccc1C)c1ccccc1. The maximum Gasteiger partial charge on any atom is 0.125 e. The summed E-state index contributed by atoms with van der Waals surface area (Å²) >= 11 is 0. The van der Waals surface area contributed by atoms with Gasteiger partial charge in [-0.25, -0.2) is 0 Å². The highest BCUT2D eigenvalue weighted by atomic mass is 16.5. The molecule has 4 aromatic carbocycles. The van der Waals surface area contributed by atoms with Gasteiger partial charge in [0.25, 0.3) is 0 Å². The van der Waals surface area contributed by atoms with Crippen LogP contribution in [-0.4, -0.2) is 27.2 Å². The fourth-order valence-electron chi connectivity index (χ4n) is 4.16. The monoisotopic (exact) mass is 510 g/mol. The van der Waals surface area contributed by atoms with Crippen LogP contribution in [0.2, 0.25) is 0 Å². The van der Waals surface area contributed by atoms with Gasteiger partial charge < -0.3 is 20.1 Å². The molecule has 200 valence electrons. The zero-order chi connectivity index (χ0) is 27.0. The molecule has 0 unspecified atom stereocenters. The molecule has 0 heterocycles. The van der Waals surface area contributed by atoms with E-state index in [-0.39, 0.29) is 12.2 Å². The molecule has 0 aliphatic carbocycles. The maximum atomic E-state index is 6.19. The van der Waals surface area contributed by atoms with Crippen LogP contribution < -0.4 is 20.1 Å². The first-order chi connectivity index (χ1) is 18.6. The largest absolute Gasteiger partial charge is 0.485 e. The molecular weight excluding hydrogens is 468 g/mol. The highest BCUT2D eigenvalue weighted by Crippen LogP contribution is 2.28. The zero-order valence-corrected chi connectivity index (χ0v) is 23.2. The second-order valence-electron chi connectivity index (χ2n) is 9.35. The second-order valence-corrected chi connectivity index (χ2v) is 9.35. The van der Waals surface area contributed by atoms with E-state index in [1.807, 2.05) is 62.6 Å². The summed E-state index contributed by atoms with van der Waals surface area (Å²) in [6, 6.07) is 37.1. The first-order valence-electron chi connectivity index (χ1n) is 13.5. The molecule has 0 amide bonds. The quantitative estimate of drug-likeness (QED) is 0.208. The Kier molecular flexibility index (Phi) is 12.4. The van der Waals surface area contributed by atoms with Crippen LogP contribution in [0.25, 0.3) is 0 Å². The molecular formula is C34H42N2O2. The Hall–Kier alpha value is -3.60. The lowest BCUT2D eigenvalue weighted by Gasteiger charge is -2.20. The van der Waals surface area contributed by atoms with Crippen LogP contribution in [0.1, 0.15) is 47.3 Å². The Morgan fingerprint density at radius 2 is 0.842 bits per heavy atom. The van der Waals surface area contributed by atoms with Crippen molar-refractivity contribution >= 4 is 0 Å². The Morgan fingerprint density at radius 3 is 1.18 bits per heavy atom. The summed E-state index contributed by atoms with van der Waals surface area (Å²) in [5.41, 5.74) is 4.79. The van der Waals surface area contributed by atoms with Crippen molar-refractivity contribution in [2.45, 2.75) is 38.9 Å². The van der Waals surface area contributed by atoms with Crippen molar-refractivity contribution in [1.82, 2.24) is 10.6 Å². The third kappa shape index (κ3) is 9.37. The molecule has 0 radical (unpaired) electrons. The summed E-state index contributed by atoms with van der Waals surface area (Å²) in [6.45, 7) is 6.03. The topological polar surface area (TPSA) is 42.5 Å².